The van der Waals surface area contributed by atoms with E-state index in [1.54, 1.807) is 0 Å². The highest BCUT2D eigenvalue weighted by Crippen LogP contribution is 2.23. The van der Waals surface area contributed by atoms with Crippen LogP contribution in [0.5, 0.6) is 5.75 Å². The van der Waals surface area contributed by atoms with Crippen LogP contribution < -0.4 is 9.30 Å². The van der Waals surface area contributed by atoms with E-state index in [0.29, 0.717) is 12.1 Å². The van der Waals surface area contributed by atoms with E-state index in [4.69, 9.17) is 4.74 Å². The monoisotopic (exact) mass is 303 g/mol. The number of aromatic nitrogens is 2. The molecular weight excluding hydrogens is 272 g/mol. The first-order chi connectivity index (χ1) is 10.5. The van der Waals surface area contributed by atoms with Crippen LogP contribution in [-0.4, -0.2) is 11.2 Å². The van der Waals surface area contributed by atoms with Crippen molar-refractivity contribution in [3.63, 3.8) is 0 Å². The van der Waals surface area contributed by atoms with Crippen LogP contribution in [0.1, 0.15) is 72.4 Å². The van der Waals surface area contributed by atoms with Gasteiger partial charge in [0.05, 0.1) is 18.7 Å². The lowest BCUT2D eigenvalue weighted by atomic mass is 10.2. The highest BCUT2D eigenvalue weighted by Gasteiger charge is 2.20. The van der Waals surface area contributed by atoms with Crippen molar-refractivity contribution in [1.29, 1.82) is 0 Å². The van der Waals surface area contributed by atoms with E-state index in [1.807, 2.05) is 0 Å². The minimum atomic E-state index is 0.447. The Hall–Kier alpha value is -1.51. The van der Waals surface area contributed by atoms with Gasteiger partial charge in [-0.2, -0.15) is 0 Å². The highest BCUT2D eigenvalue weighted by molar-refractivity contribution is 5.74. The molecule has 3 heteroatoms. The van der Waals surface area contributed by atoms with Crippen molar-refractivity contribution in [3.8, 4) is 5.75 Å². The molecule has 0 aliphatic rings. The highest BCUT2D eigenvalue weighted by atomic mass is 16.5. The van der Waals surface area contributed by atoms with Gasteiger partial charge < -0.3 is 4.74 Å². The fourth-order valence-electron chi connectivity index (χ4n) is 2.82. The number of benzene rings is 1. The molecule has 0 aliphatic carbocycles. The molecule has 3 nitrogen and oxygen atoms in total. The average Bonchev–Trinajstić information content (AvgIpc) is 2.86. The van der Waals surface area contributed by atoms with Crippen LogP contribution in [0.25, 0.3) is 11.0 Å². The number of fused-ring (bicyclic) bond motifs is 1. The smallest absolute Gasteiger partial charge is 0.245 e. The summed E-state index contributed by atoms with van der Waals surface area (Å²) in [6, 6.07) is 7.39. The summed E-state index contributed by atoms with van der Waals surface area (Å²) in [6.07, 6.45) is 7.19. The normalized spacial score (nSPS) is 11.8. The summed E-state index contributed by atoms with van der Waals surface area (Å²) in [6.45, 7) is 12.0. The molecule has 0 N–H and O–H groups in total. The summed E-state index contributed by atoms with van der Waals surface area (Å²) >= 11 is 0. The summed E-state index contributed by atoms with van der Waals surface area (Å²) in [5, 5.41) is 0. The standard InChI is InChI=1S/C19H31N2O/c1-6-7-8-9-12-22-17-10-11-18-19(13-17)21(16(4)5)14-20(18)15(2)3/h10-11,13-16H,6-9,12H2,1-5H3/q+1. The van der Waals surface area contributed by atoms with Gasteiger partial charge in [-0.05, 0) is 46.2 Å². The van der Waals surface area contributed by atoms with Gasteiger partial charge in [0.25, 0.3) is 0 Å². The molecule has 1 heterocycles. The maximum Gasteiger partial charge on any atom is 0.245 e. The van der Waals surface area contributed by atoms with Crippen molar-refractivity contribution < 1.29 is 9.30 Å². The Bertz CT molecular complexity index is 599. The van der Waals surface area contributed by atoms with Crippen molar-refractivity contribution in [2.24, 2.45) is 0 Å². The Morgan fingerprint density at radius 3 is 2.50 bits per heavy atom. The molecule has 0 unspecified atom stereocenters. The first kappa shape index (κ1) is 16.9. The predicted octanol–water partition coefficient (Wildman–Crippen LogP) is 5.05. The molecule has 0 saturated carbocycles. The first-order valence-electron chi connectivity index (χ1n) is 8.73. The van der Waals surface area contributed by atoms with Crippen LogP contribution in [-0.2, 0) is 0 Å². The molecule has 0 radical (unpaired) electrons. The molecule has 2 aromatic rings. The number of hydrogen-bond donors (Lipinski definition) is 0. The molecule has 0 bridgehead atoms. The zero-order valence-electron chi connectivity index (χ0n) is 14.8. The van der Waals surface area contributed by atoms with Crippen LogP contribution in [0.2, 0.25) is 0 Å². The summed E-state index contributed by atoms with van der Waals surface area (Å²) in [5.41, 5.74) is 2.54. The van der Waals surface area contributed by atoms with Gasteiger partial charge in [0.15, 0.2) is 11.0 Å². The third-order valence-electron chi connectivity index (χ3n) is 4.13. The lowest BCUT2D eigenvalue weighted by Gasteiger charge is -2.06. The van der Waals surface area contributed by atoms with E-state index >= 15 is 0 Å². The van der Waals surface area contributed by atoms with Crippen molar-refractivity contribution >= 4 is 11.0 Å². The molecule has 0 spiro atoms. The number of unbranched alkanes of at least 4 members (excludes halogenated alkanes) is 3. The van der Waals surface area contributed by atoms with Crippen LogP contribution in [0.15, 0.2) is 24.5 Å². The van der Waals surface area contributed by atoms with Gasteiger partial charge >= 0.3 is 0 Å². The summed E-state index contributed by atoms with van der Waals surface area (Å²) in [4.78, 5) is 0. The maximum atomic E-state index is 5.94. The Labute approximate surface area is 134 Å². The first-order valence-corrected chi connectivity index (χ1v) is 8.73. The van der Waals surface area contributed by atoms with Gasteiger partial charge in [-0.25, -0.2) is 9.13 Å². The molecule has 1 aromatic carbocycles. The second kappa shape index (κ2) is 7.66. The number of hydrogen-bond acceptors (Lipinski definition) is 1. The third-order valence-corrected chi connectivity index (χ3v) is 4.13. The SMILES string of the molecule is CCCCCCOc1ccc2c(c1)n(C(C)C)c[n+]2C(C)C. The molecule has 0 amide bonds. The van der Waals surface area contributed by atoms with Crippen LogP contribution >= 0.6 is 0 Å². The van der Waals surface area contributed by atoms with Crippen LogP contribution in [0.3, 0.4) is 0 Å². The molecule has 0 saturated heterocycles. The molecule has 2 rings (SSSR count). The lowest BCUT2D eigenvalue weighted by molar-refractivity contribution is -0.692. The van der Waals surface area contributed by atoms with E-state index in [9.17, 15) is 0 Å². The van der Waals surface area contributed by atoms with Crippen LogP contribution in [0, 0.1) is 0 Å². The molecule has 0 atom stereocenters. The molecule has 22 heavy (non-hydrogen) atoms. The van der Waals surface area contributed by atoms with E-state index in [-0.39, 0.29) is 0 Å². The van der Waals surface area contributed by atoms with Crippen molar-refractivity contribution in [1.82, 2.24) is 4.57 Å². The number of ether oxygens (including phenoxy) is 1. The largest absolute Gasteiger partial charge is 0.493 e. The Kier molecular flexibility index (Phi) is 5.87. The quantitative estimate of drug-likeness (QED) is 0.493. The molecule has 0 aliphatic heterocycles. The fourth-order valence-corrected chi connectivity index (χ4v) is 2.82. The van der Waals surface area contributed by atoms with Crippen LogP contribution in [0.4, 0.5) is 0 Å². The van der Waals surface area contributed by atoms with E-state index in [2.05, 4.69) is 68.3 Å². The third kappa shape index (κ3) is 3.82. The summed E-state index contributed by atoms with van der Waals surface area (Å²) in [7, 11) is 0. The second-order valence-corrected chi connectivity index (χ2v) is 6.68. The van der Waals surface area contributed by atoms with Gasteiger partial charge in [-0.15, -0.1) is 0 Å². The Morgan fingerprint density at radius 2 is 1.86 bits per heavy atom. The minimum Gasteiger partial charge on any atom is -0.493 e. The van der Waals surface area contributed by atoms with Gasteiger partial charge in [0, 0.05) is 6.07 Å². The zero-order valence-corrected chi connectivity index (χ0v) is 14.8. The number of nitrogens with zero attached hydrogens (tertiary/aromatic N) is 2. The van der Waals surface area contributed by atoms with Crippen molar-refractivity contribution in [2.45, 2.75) is 72.4 Å². The number of imidazole rings is 1. The van der Waals surface area contributed by atoms with Gasteiger partial charge in [-0.3, -0.25) is 0 Å². The summed E-state index contributed by atoms with van der Waals surface area (Å²) < 4.78 is 10.6. The topological polar surface area (TPSA) is 18.0 Å². The van der Waals surface area contributed by atoms with Gasteiger partial charge in [0.2, 0.25) is 6.33 Å². The second-order valence-electron chi connectivity index (χ2n) is 6.68. The molecule has 1 aromatic heterocycles. The molecule has 0 fully saturated rings. The van der Waals surface area contributed by atoms with E-state index in [0.717, 1.165) is 18.8 Å². The Morgan fingerprint density at radius 1 is 1.09 bits per heavy atom. The Balaban J connectivity index is 2.19. The lowest BCUT2D eigenvalue weighted by Crippen LogP contribution is -2.34. The molecule has 122 valence electrons. The maximum absolute atomic E-state index is 5.94. The van der Waals surface area contributed by atoms with Gasteiger partial charge in [-0.1, -0.05) is 26.2 Å². The predicted molar refractivity (Wildman–Crippen MR) is 92.5 cm³/mol. The fraction of sp³-hybridized carbons (Fsp3) is 0.632. The average molecular weight is 303 g/mol. The van der Waals surface area contributed by atoms with E-state index < -0.39 is 0 Å². The van der Waals surface area contributed by atoms with E-state index in [1.165, 1.54) is 30.3 Å². The van der Waals surface area contributed by atoms with Crippen molar-refractivity contribution in [3.05, 3.63) is 24.5 Å². The van der Waals surface area contributed by atoms with Crippen molar-refractivity contribution in [2.75, 3.05) is 6.61 Å². The zero-order chi connectivity index (χ0) is 16.1. The summed E-state index contributed by atoms with van der Waals surface area (Å²) in [5.74, 6) is 0.986. The van der Waals surface area contributed by atoms with Gasteiger partial charge in [0.1, 0.15) is 5.75 Å². The number of rotatable bonds is 8. The molecular formula is C19H31N2O+. The minimum absolute atomic E-state index is 0.447.